The van der Waals surface area contributed by atoms with Gasteiger partial charge >= 0.3 is 0 Å². The quantitative estimate of drug-likeness (QED) is 0.393. The van der Waals surface area contributed by atoms with E-state index in [2.05, 4.69) is 14.7 Å². The lowest BCUT2D eigenvalue weighted by Crippen LogP contribution is -2.36. The summed E-state index contributed by atoms with van der Waals surface area (Å²) in [5, 5.41) is -0.269. The summed E-state index contributed by atoms with van der Waals surface area (Å²) in [7, 11) is -4.22. The molecule has 1 aliphatic rings. The number of aryl methyl sites for hydroxylation is 1. The number of carbonyl (C=O) groups is 1. The number of nitrogens with one attached hydrogen (secondary N) is 1. The second-order valence-corrected chi connectivity index (χ2v) is 11.3. The van der Waals surface area contributed by atoms with Crippen molar-refractivity contribution in [1.82, 2.24) is 14.7 Å². The monoisotopic (exact) mass is 531 g/mol. The van der Waals surface area contributed by atoms with Crippen LogP contribution in [0.3, 0.4) is 0 Å². The smallest absolute Gasteiger partial charge is 0.281 e. The highest BCUT2D eigenvalue weighted by atomic mass is 32.2. The van der Waals surface area contributed by atoms with Crippen LogP contribution < -0.4 is 14.2 Å². The fourth-order valence-electron chi connectivity index (χ4n) is 3.77. The number of benzene rings is 1. The molecule has 0 radical (unpaired) electrons. The summed E-state index contributed by atoms with van der Waals surface area (Å²) < 4.78 is 53.7. The molecule has 1 aromatic carbocycles. The minimum Gasteiger partial charge on any atom is -0.493 e. The van der Waals surface area contributed by atoms with Gasteiger partial charge in [0.2, 0.25) is 5.88 Å². The predicted molar refractivity (Wildman–Crippen MR) is 141 cm³/mol. The lowest BCUT2D eigenvalue weighted by Gasteiger charge is -2.34. The molecule has 3 aromatic rings. The number of aromatic nitrogens is 2. The number of nitrogens with zero attached hydrogens (tertiary/aromatic N) is 2. The SMILES string of the molecule is Cc1cccc(S(=O)(=O)NC(=O)c2ccc(-c3cc(F)cc(OCC(C)C)c3)nc2OC2CCC2C)n1.[HH].[HH]. The fraction of sp³-hybridized carbons (Fsp3) is 0.370. The van der Waals surface area contributed by atoms with Gasteiger partial charge in [0.25, 0.3) is 15.9 Å². The molecule has 2 heterocycles. The van der Waals surface area contributed by atoms with Crippen LogP contribution in [0.2, 0.25) is 0 Å². The molecule has 1 fully saturated rings. The van der Waals surface area contributed by atoms with Crippen molar-refractivity contribution in [3.8, 4) is 22.9 Å². The summed E-state index contributed by atoms with van der Waals surface area (Å²) in [4.78, 5) is 21.6. The number of carbonyl (C=O) groups excluding carboxylic acids is 1. The molecule has 1 amide bonds. The van der Waals surface area contributed by atoms with Crippen LogP contribution in [-0.2, 0) is 10.0 Å². The maximum Gasteiger partial charge on any atom is 0.281 e. The van der Waals surface area contributed by atoms with Gasteiger partial charge in [0.1, 0.15) is 23.2 Å². The Morgan fingerprint density at radius 3 is 2.59 bits per heavy atom. The van der Waals surface area contributed by atoms with Crippen LogP contribution in [0.5, 0.6) is 11.6 Å². The Labute approximate surface area is 219 Å². The summed E-state index contributed by atoms with van der Waals surface area (Å²) >= 11 is 0. The van der Waals surface area contributed by atoms with Gasteiger partial charge in [-0.15, -0.1) is 0 Å². The molecule has 0 aliphatic heterocycles. The first-order valence-corrected chi connectivity index (χ1v) is 13.6. The number of amides is 1. The average Bonchev–Trinajstić information content (AvgIpc) is 2.84. The highest BCUT2D eigenvalue weighted by Gasteiger charge is 2.31. The van der Waals surface area contributed by atoms with Crippen LogP contribution in [0.1, 0.15) is 52.5 Å². The largest absolute Gasteiger partial charge is 0.493 e. The molecular weight excluding hydrogens is 497 g/mol. The summed E-state index contributed by atoms with van der Waals surface area (Å²) in [6.45, 7) is 8.09. The van der Waals surface area contributed by atoms with E-state index < -0.39 is 21.7 Å². The van der Waals surface area contributed by atoms with Crippen LogP contribution in [0.15, 0.2) is 53.6 Å². The van der Waals surface area contributed by atoms with E-state index in [1.54, 1.807) is 25.1 Å². The van der Waals surface area contributed by atoms with Crippen molar-refractivity contribution in [1.29, 1.82) is 0 Å². The molecule has 4 rings (SSSR count). The number of hydrogen-bond acceptors (Lipinski definition) is 7. The Bertz CT molecular complexity index is 1420. The molecule has 200 valence electrons. The number of ether oxygens (including phenoxy) is 2. The average molecular weight is 532 g/mol. The summed E-state index contributed by atoms with van der Waals surface area (Å²) in [6, 6.07) is 11.7. The number of halogens is 1. The predicted octanol–water partition coefficient (Wildman–Crippen LogP) is 5.41. The molecule has 0 spiro atoms. The molecule has 2 aromatic heterocycles. The van der Waals surface area contributed by atoms with Crippen molar-refractivity contribution in [3.63, 3.8) is 0 Å². The van der Waals surface area contributed by atoms with Crippen molar-refractivity contribution in [2.45, 2.75) is 51.7 Å². The van der Waals surface area contributed by atoms with E-state index in [0.717, 1.165) is 12.8 Å². The number of rotatable bonds is 9. The van der Waals surface area contributed by atoms with E-state index in [1.165, 1.54) is 30.3 Å². The first kappa shape index (κ1) is 26.5. The Balaban J connectivity index is 0.00000267. The zero-order valence-corrected chi connectivity index (χ0v) is 22.0. The summed E-state index contributed by atoms with van der Waals surface area (Å²) in [5.41, 5.74) is 1.24. The van der Waals surface area contributed by atoms with E-state index in [1.807, 2.05) is 20.8 Å². The van der Waals surface area contributed by atoms with Gasteiger partial charge in [-0.3, -0.25) is 4.79 Å². The maximum absolute atomic E-state index is 14.4. The number of pyridine rings is 2. The molecule has 2 atom stereocenters. The third-order valence-corrected chi connectivity index (χ3v) is 7.26. The molecule has 1 saturated carbocycles. The van der Waals surface area contributed by atoms with Gasteiger partial charge in [-0.1, -0.05) is 26.8 Å². The second kappa shape index (κ2) is 10.8. The summed E-state index contributed by atoms with van der Waals surface area (Å²) in [6.07, 6.45) is 1.59. The third-order valence-electron chi connectivity index (χ3n) is 6.02. The van der Waals surface area contributed by atoms with E-state index >= 15 is 0 Å². The Kier molecular flexibility index (Phi) is 7.77. The normalized spacial score (nSPS) is 17.2. The van der Waals surface area contributed by atoms with E-state index in [9.17, 15) is 17.6 Å². The summed E-state index contributed by atoms with van der Waals surface area (Å²) in [5.74, 6) is -0.534. The number of hydrogen-bond donors (Lipinski definition) is 1. The fourth-order valence-corrected chi connectivity index (χ4v) is 4.75. The highest BCUT2D eigenvalue weighted by molar-refractivity contribution is 7.90. The van der Waals surface area contributed by atoms with Gasteiger partial charge in [0.15, 0.2) is 5.03 Å². The van der Waals surface area contributed by atoms with Crippen LogP contribution in [0, 0.1) is 24.6 Å². The Morgan fingerprint density at radius 2 is 1.95 bits per heavy atom. The zero-order valence-electron chi connectivity index (χ0n) is 21.2. The van der Waals surface area contributed by atoms with Gasteiger partial charge in [-0.25, -0.2) is 19.1 Å². The van der Waals surface area contributed by atoms with Gasteiger partial charge in [-0.05, 0) is 68.0 Å². The van der Waals surface area contributed by atoms with Crippen molar-refractivity contribution >= 4 is 15.9 Å². The van der Waals surface area contributed by atoms with Crippen LogP contribution in [-0.4, -0.2) is 37.0 Å². The maximum atomic E-state index is 14.4. The Morgan fingerprint density at radius 1 is 1.16 bits per heavy atom. The standard InChI is InChI=1S/C27H30FN3O5S.2H2/c1-16(2)15-35-21-13-19(12-20(28)14-21)23-10-9-22(27(30-23)36-24-11-8-17(24)3)26(32)31-37(33,34)25-7-5-6-18(4)29-25;;/h5-7,9-10,12-14,16-17,24H,8,11,15H2,1-4H3,(H,31,32);2*1H. The third kappa shape index (κ3) is 6.43. The number of sulfonamides is 1. The van der Waals surface area contributed by atoms with Crippen molar-refractivity contribution in [2.24, 2.45) is 11.8 Å². The van der Waals surface area contributed by atoms with E-state index in [-0.39, 0.29) is 37.3 Å². The molecule has 37 heavy (non-hydrogen) atoms. The molecule has 0 bridgehead atoms. The topological polar surface area (TPSA) is 107 Å². The molecular formula is C27H34FN3O5S. The van der Waals surface area contributed by atoms with Crippen molar-refractivity contribution < 1.29 is 29.9 Å². The zero-order chi connectivity index (χ0) is 26.7. The van der Waals surface area contributed by atoms with Crippen molar-refractivity contribution in [3.05, 3.63) is 65.6 Å². The second-order valence-electron chi connectivity index (χ2n) is 9.69. The van der Waals surface area contributed by atoms with Gasteiger partial charge in [-0.2, -0.15) is 8.42 Å². The van der Waals surface area contributed by atoms with E-state index in [0.29, 0.717) is 29.3 Å². The lowest BCUT2D eigenvalue weighted by molar-refractivity contribution is 0.0522. The van der Waals surface area contributed by atoms with Gasteiger partial charge in [0, 0.05) is 20.2 Å². The molecule has 8 nitrogen and oxygen atoms in total. The first-order chi connectivity index (χ1) is 17.5. The van der Waals surface area contributed by atoms with Crippen molar-refractivity contribution in [2.75, 3.05) is 6.61 Å². The van der Waals surface area contributed by atoms with Crippen LogP contribution in [0.25, 0.3) is 11.3 Å². The molecule has 10 heteroatoms. The molecule has 1 aliphatic carbocycles. The highest BCUT2D eigenvalue weighted by Crippen LogP contribution is 2.34. The van der Waals surface area contributed by atoms with E-state index in [4.69, 9.17) is 9.47 Å². The molecule has 1 N–H and O–H groups in total. The first-order valence-electron chi connectivity index (χ1n) is 12.1. The van der Waals surface area contributed by atoms with Crippen LogP contribution in [0.4, 0.5) is 4.39 Å². The van der Waals surface area contributed by atoms with Crippen LogP contribution >= 0.6 is 0 Å². The minimum atomic E-state index is -4.22. The molecule has 0 saturated heterocycles. The Hall–Kier alpha value is -3.53. The van der Waals surface area contributed by atoms with Gasteiger partial charge < -0.3 is 9.47 Å². The molecule has 2 unspecified atom stereocenters. The van der Waals surface area contributed by atoms with Gasteiger partial charge in [0.05, 0.1) is 12.3 Å². The minimum absolute atomic E-state index is 0. The lowest BCUT2D eigenvalue weighted by atomic mass is 9.83.